The van der Waals surface area contributed by atoms with Crippen LogP contribution in [0.4, 0.5) is 0 Å². The number of hydrogen-bond acceptors (Lipinski definition) is 4. The SMILES string of the molecule is CC1CC(C)(C)c2ccc3c(c21)Sc1c(ccc2c1C=CC2(C)C)-c1c-3ccc2c1C=CC(C1=NC(c3ccccc3)NC(c3ccccc3)N1)C2. The molecule has 0 saturated heterocycles. The average Bonchev–Trinajstić information content (AvgIpc) is 3.54. The Hall–Kier alpha value is -4.64. The molecule has 2 N–H and O–H groups in total. The van der Waals surface area contributed by atoms with E-state index in [4.69, 9.17) is 4.99 Å². The molecule has 2 aliphatic heterocycles. The Morgan fingerprint density at radius 3 is 2.21 bits per heavy atom. The van der Waals surface area contributed by atoms with Crippen molar-refractivity contribution in [3.05, 3.63) is 154 Å². The first-order valence-corrected chi connectivity index (χ1v) is 19.7. The molecule has 0 bridgehead atoms. The zero-order chi connectivity index (χ0) is 35.4. The molecule has 0 fully saturated rings. The molecule has 4 unspecified atom stereocenters. The first kappa shape index (κ1) is 32.0. The van der Waals surface area contributed by atoms with Crippen molar-refractivity contribution in [1.82, 2.24) is 10.6 Å². The van der Waals surface area contributed by atoms with E-state index in [1.54, 1.807) is 5.56 Å². The maximum Gasteiger partial charge on any atom is 0.129 e. The lowest BCUT2D eigenvalue weighted by Gasteiger charge is -2.35. The lowest BCUT2D eigenvalue weighted by Crippen LogP contribution is -2.47. The van der Waals surface area contributed by atoms with Gasteiger partial charge in [0.1, 0.15) is 18.2 Å². The summed E-state index contributed by atoms with van der Waals surface area (Å²) in [6, 6.07) is 35.9. The van der Waals surface area contributed by atoms with Crippen LogP contribution >= 0.6 is 11.8 Å². The first-order chi connectivity index (χ1) is 25.2. The van der Waals surface area contributed by atoms with Crippen LogP contribution in [0.3, 0.4) is 0 Å². The second-order valence-corrected chi connectivity index (χ2v) is 17.7. The first-order valence-electron chi connectivity index (χ1n) is 18.9. The molecular weight excluding hydrogens is 651 g/mol. The second kappa shape index (κ2) is 11.7. The molecule has 5 aromatic carbocycles. The van der Waals surface area contributed by atoms with Crippen LogP contribution in [-0.2, 0) is 17.3 Å². The van der Waals surface area contributed by atoms with E-state index in [1.807, 2.05) is 11.8 Å². The standard InChI is InChI=1S/C48H45N3S/c1-28-27-48(4,5)39-23-20-35-34-19-16-31-26-32(46-50-44(29-12-8-6-9-13-29)49-45(51-46)30-14-10-7-11-15-30)17-18-33(31)41(34)37-21-22-38-36(24-25-47(38,2)3)42(37)52-43(35)40(28)39/h6-25,28,32,44-45,49H,26-27H2,1-5H3,(H,50,51). The summed E-state index contributed by atoms with van der Waals surface area (Å²) >= 11 is 2.03. The molecule has 0 radical (unpaired) electrons. The van der Waals surface area contributed by atoms with Crippen molar-refractivity contribution in [2.24, 2.45) is 10.9 Å². The fourth-order valence-electron chi connectivity index (χ4n) is 9.74. The number of rotatable bonds is 3. The predicted octanol–water partition coefficient (Wildman–Crippen LogP) is 11.7. The van der Waals surface area contributed by atoms with Crippen molar-refractivity contribution in [1.29, 1.82) is 0 Å². The minimum atomic E-state index is -0.126. The summed E-state index contributed by atoms with van der Waals surface area (Å²) in [5.74, 6) is 1.71. The highest BCUT2D eigenvalue weighted by molar-refractivity contribution is 7.99. The van der Waals surface area contributed by atoms with E-state index in [2.05, 4.69) is 167 Å². The average molecular weight is 696 g/mol. The Morgan fingerprint density at radius 1 is 0.712 bits per heavy atom. The highest BCUT2D eigenvalue weighted by Crippen LogP contribution is 2.59. The molecule has 0 spiro atoms. The van der Waals surface area contributed by atoms with Crippen LogP contribution in [0.1, 0.15) is 104 Å². The van der Waals surface area contributed by atoms with Crippen molar-refractivity contribution < 1.29 is 0 Å². The smallest absolute Gasteiger partial charge is 0.129 e. The third-order valence-electron chi connectivity index (χ3n) is 12.3. The van der Waals surface area contributed by atoms with Crippen molar-refractivity contribution in [2.45, 2.75) is 86.3 Å². The zero-order valence-corrected chi connectivity index (χ0v) is 31.4. The molecule has 0 amide bonds. The normalized spacial score (nSPS) is 24.0. The van der Waals surface area contributed by atoms with Gasteiger partial charge in [-0.1, -0.05) is 168 Å². The summed E-state index contributed by atoms with van der Waals surface area (Å²) in [6.45, 7) is 12.0. The van der Waals surface area contributed by atoms with E-state index >= 15 is 0 Å². The Balaban J connectivity index is 1.12. The molecule has 52 heavy (non-hydrogen) atoms. The molecule has 4 atom stereocenters. The summed E-state index contributed by atoms with van der Waals surface area (Å²) in [7, 11) is 0. The molecule has 3 nitrogen and oxygen atoms in total. The van der Waals surface area contributed by atoms with E-state index in [-0.39, 0.29) is 29.1 Å². The quantitative estimate of drug-likeness (QED) is 0.193. The lowest BCUT2D eigenvalue weighted by molar-refractivity contribution is 0.399. The fourth-order valence-corrected chi connectivity index (χ4v) is 11.2. The van der Waals surface area contributed by atoms with Gasteiger partial charge in [0.15, 0.2) is 0 Å². The van der Waals surface area contributed by atoms with E-state index in [0.29, 0.717) is 5.92 Å². The molecule has 258 valence electrons. The number of amidine groups is 1. The van der Waals surface area contributed by atoms with Crippen LogP contribution in [0.25, 0.3) is 34.4 Å². The summed E-state index contributed by atoms with van der Waals surface area (Å²) in [4.78, 5) is 8.21. The van der Waals surface area contributed by atoms with Gasteiger partial charge in [-0.2, -0.15) is 0 Å². The van der Waals surface area contributed by atoms with E-state index < -0.39 is 0 Å². The third kappa shape index (κ3) is 4.94. The second-order valence-electron chi connectivity index (χ2n) is 16.7. The number of benzene rings is 5. The van der Waals surface area contributed by atoms with Crippen LogP contribution in [0, 0.1) is 5.92 Å². The van der Waals surface area contributed by atoms with Gasteiger partial charge in [-0.25, -0.2) is 4.99 Å². The summed E-state index contributed by atoms with van der Waals surface area (Å²) in [6.07, 6.45) is 11.6. The number of allylic oxidation sites excluding steroid dienone is 1. The van der Waals surface area contributed by atoms with Crippen LogP contribution in [0.2, 0.25) is 0 Å². The molecule has 5 aromatic rings. The van der Waals surface area contributed by atoms with Crippen molar-refractivity contribution in [3.63, 3.8) is 0 Å². The number of aliphatic imine (C=N–C) groups is 1. The number of nitrogens with one attached hydrogen (secondary N) is 2. The van der Waals surface area contributed by atoms with Gasteiger partial charge >= 0.3 is 0 Å². The van der Waals surface area contributed by atoms with Gasteiger partial charge in [-0.05, 0) is 90.9 Å². The topological polar surface area (TPSA) is 36.4 Å². The van der Waals surface area contributed by atoms with Gasteiger partial charge in [-0.15, -0.1) is 0 Å². The van der Waals surface area contributed by atoms with Crippen molar-refractivity contribution in [2.75, 3.05) is 0 Å². The molecule has 2 heterocycles. The largest absolute Gasteiger partial charge is 0.354 e. The summed E-state index contributed by atoms with van der Waals surface area (Å²) in [5.41, 5.74) is 16.7. The highest BCUT2D eigenvalue weighted by atomic mass is 32.2. The third-order valence-corrected chi connectivity index (χ3v) is 13.6. The lowest BCUT2D eigenvalue weighted by atomic mass is 9.79. The van der Waals surface area contributed by atoms with Crippen LogP contribution < -0.4 is 10.6 Å². The predicted molar refractivity (Wildman–Crippen MR) is 218 cm³/mol. The maximum atomic E-state index is 5.33. The Kier molecular flexibility index (Phi) is 7.20. The Bertz CT molecular complexity index is 2360. The minimum Gasteiger partial charge on any atom is -0.354 e. The summed E-state index contributed by atoms with van der Waals surface area (Å²) in [5, 5.41) is 7.58. The molecular formula is C48H45N3S. The monoisotopic (exact) mass is 695 g/mol. The van der Waals surface area contributed by atoms with Gasteiger partial charge < -0.3 is 5.32 Å². The number of hydrogen-bond donors (Lipinski definition) is 2. The fraction of sp³-hybridized carbons (Fsp3) is 0.271. The zero-order valence-electron chi connectivity index (χ0n) is 30.6. The summed E-state index contributed by atoms with van der Waals surface area (Å²) < 4.78 is 0. The molecule has 4 heteroatoms. The van der Waals surface area contributed by atoms with E-state index in [0.717, 1.165) is 12.3 Å². The Labute approximate surface area is 312 Å². The number of nitrogens with zero attached hydrogens (tertiary/aromatic N) is 1. The van der Waals surface area contributed by atoms with Crippen molar-refractivity contribution >= 4 is 29.7 Å². The maximum absolute atomic E-state index is 5.33. The van der Waals surface area contributed by atoms with Crippen LogP contribution in [-0.4, -0.2) is 5.84 Å². The Morgan fingerprint density at radius 2 is 1.42 bits per heavy atom. The van der Waals surface area contributed by atoms with Gasteiger partial charge in [0.25, 0.3) is 0 Å². The molecule has 5 aliphatic rings. The molecule has 0 aromatic heterocycles. The van der Waals surface area contributed by atoms with Gasteiger partial charge in [-0.3, -0.25) is 5.32 Å². The molecule has 0 saturated carbocycles. The van der Waals surface area contributed by atoms with E-state index in [1.165, 1.54) is 77.4 Å². The van der Waals surface area contributed by atoms with Gasteiger partial charge in [0.05, 0.1) is 0 Å². The van der Waals surface area contributed by atoms with Gasteiger partial charge in [0.2, 0.25) is 0 Å². The molecule has 10 rings (SSSR count). The minimum absolute atomic E-state index is 0.0256. The van der Waals surface area contributed by atoms with Crippen LogP contribution in [0.15, 0.2) is 124 Å². The molecule has 3 aliphatic carbocycles. The highest BCUT2D eigenvalue weighted by Gasteiger charge is 2.40. The van der Waals surface area contributed by atoms with Crippen LogP contribution in [0.5, 0.6) is 0 Å². The van der Waals surface area contributed by atoms with Gasteiger partial charge in [0, 0.05) is 21.1 Å². The van der Waals surface area contributed by atoms with Crippen molar-refractivity contribution in [3.8, 4) is 22.3 Å². The number of fused-ring (bicyclic) bond motifs is 11. The van der Waals surface area contributed by atoms with E-state index in [9.17, 15) is 0 Å².